The minimum atomic E-state index is -1.11. The summed E-state index contributed by atoms with van der Waals surface area (Å²) >= 11 is 0. The number of phenolic OH excluding ortho intramolecular Hbond substituents is 1. The van der Waals surface area contributed by atoms with E-state index in [9.17, 15) is 24.3 Å². The lowest BCUT2D eigenvalue weighted by atomic mass is 9.93. The molecule has 1 rings (SSSR count). The quantitative estimate of drug-likeness (QED) is 0.364. The SMILES string of the molecule is CCOC(=O)CCNC(=O)C(c1ccc(O)cc1)N(C(=O)C(CC(C)C)NC(=O)OC(C)(C)C)C(C)(C)C. The van der Waals surface area contributed by atoms with Gasteiger partial charge in [0, 0.05) is 12.1 Å². The first-order valence-electron chi connectivity index (χ1n) is 13.0. The van der Waals surface area contributed by atoms with Crippen molar-refractivity contribution in [1.29, 1.82) is 0 Å². The maximum absolute atomic E-state index is 14.1. The number of nitrogens with zero attached hydrogens (tertiary/aromatic N) is 1. The van der Waals surface area contributed by atoms with Crippen molar-refractivity contribution in [1.82, 2.24) is 15.5 Å². The highest BCUT2D eigenvalue weighted by molar-refractivity contribution is 5.92. The van der Waals surface area contributed by atoms with E-state index in [2.05, 4.69) is 10.6 Å². The van der Waals surface area contributed by atoms with E-state index in [1.54, 1.807) is 60.6 Å². The largest absolute Gasteiger partial charge is 0.508 e. The number of hydrogen-bond acceptors (Lipinski definition) is 7. The van der Waals surface area contributed by atoms with Gasteiger partial charge in [0.1, 0.15) is 23.4 Å². The summed E-state index contributed by atoms with van der Waals surface area (Å²) in [4.78, 5) is 53.6. The molecule has 0 aromatic heterocycles. The molecule has 214 valence electrons. The van der Waals surface area contributed by atoms with Crippen molar-refractivity contribution < 1.29 is 33.8 Å². The fourth-order valence-electron chi connectivity index (χ4n) is 3.85. The Bertz CT molecular complexity index is 947. The third-order valence-electron chi connectivity index (χ3n) is 5.31. The molecular formula is C28H45N3O7. The van der Waals surface area contributed by atoms with E-state index in [1.807, 2.05) is 13.8 Å². The van der Waals surface area contributed by atoms with Crippen LogP contribution in [0.15, 0.2) is 24.3 Å². The van der Waals surface area contributed by atoms with Gasteiger partial charge in [0.15, 0.2) is 0 Å². The first-order chi connectivity index (χ1) is 17.5. The number of nitrogens with one attached hydrogen (secondary N) is 2. The third-order valence-corrected chi connectivity index (χ3v) is 5.31. The van der Waals surface area contributed by atoms with Crippen molar-refractivity contribution in [2.24, 2.45) is 5.92 Å². The molecule has 10 nitrogen and oxygen atoms in total. The predicted molar refractivity (Wildman–Crippen MR) is 144 cm³/mol. The van der Waals surface area contributed by atoms with Crippen molar-refractivity contribution in [3.05, 3.63) is 29.8 Å². The van der Waals surface area contributed by atoms with Crippen LogP contribution in [-0.4, -0.2) is 64.2 Å². The van der Waals surface area contributed by atoms with E-state index in [-0.39, 0.29) is 31.2 Å². The Morgan fingerprint density at radius 2 is 1.58 bits per heavy atom. The second kappa shape index (κ2) is 14.0. The molecule has 0 aliphatic rings. The van der Waals surface area contributed by atoms with Crippen LogP contribution in [0.1, 0.15) is 86.8 Å². The molecule has 0 saturated heterocycles. The highest BCUT2D eigenvalue weighted by Crippen LogP contribution is 2.31. The Morgan fingerprint density at radius 1 is 1.00 bits per heavy atom. The number of benzene rings is 1. The molecule has 0 saturated carbocycles. The van der Waals surface area contributed by atoms with Gasteiger partial charge in [-0.15, -0.1) is 0 Å². The van der Waals surface area contributed by atoms with Gasteiger partial charge in [0.25, 0.3) is 0 Å². The van der Waals surface area contributed by atoms with Gasteiger partial charge in [0.2, 0.25) is 11.8 Å². The standard InChI is InChI=1S/C28H45N3O7/c1-10-37-22(33)15-16-29-24(34)23(19-11-13-20(32)14-12-19)31(27(4,5)6)25(35)21(17-18(2)3)30-26(36)38-28(7,8)9/h11-14,18,21,23,32H,10,15-17H2,1-9H3,(H,29,34)(H,30,36). The number of alkyl carbamates (subject to hydrolysis) is 1. The molecule has 3 amide bonds. The maximum atomic E-state index is 14.1. The Labute approximate surface area is 226 Å². The zero-order valence-corrected chi connectivity index (χ0v) is 24.2. The number of amides is 3. The number of esters is 1. The van der Waals surface area contributed by atoms with Crippen molar-refractivity contribution in [3.8, 4) is 5.75 Å². The zero-order chi connectivity index (χ0) is 29.3. The first-order valence-corrected chi connectivity index (χ1v) is 13.0. The van der Waals surface area contributed by atoms with Gasteiger partial charge in [-0.1, -0.05) is 26.0 Å². The Hall–Kier alpha value is -3.30. The molecule has 0 fully saturated rings. The van der Waals surface area contributed by atoms with Crippen LogP contribution < -0.4 is 10.6 Å². The predicted octanol–water partition coefficient (Wildman–Crippen LogP) is 4.07. The fraction of sp³-hybridized carbons (Fsp3) is 0.643. The van der Waals surface area contributed by atoms with Crippen LogP contribution in [0.25, 0.3) is 0 Å². The first kappa shape index (κ1) is 32.7. The van der Waals surface area contributed by atoms with E-state index >= 15 is 0 Å². The Balaban J connectivity index is 3.46. The van der Waals surface area contributed by atoms with Crippen molar-refractivity contribution in [3.63, 3.8) is 0 Å². The van der Waals surface area contributed by atoms with Crippen LogP contribution >= 0.6 is 0 Å². The number of ether oxygens (including phenoxy) is 2. The molecular weight excluding hydrogens is 490 g/mol. The Morgan fingerprint density at radius 3 is 2.05 bits per heavy atom. The molecule has 3 N–H and O–H groups in total. The van der Waals surface area contributed by atoms with Crippen molar-refractivity contribution in [2.75, 3.05) is 13.2 Å². The van der Waals surface area contributed by atoms with Crippen molar-refractivity contribution >= 4 is 23.9 Å². The summed E-state index contributed by atoms with van der Waals surface area (Å²) < 4.78 is 10.3. The average molecular weight is 536 g/mol. The van der Waals surface area contributed by atoms with Crippen LogP contribution in [0.4, 0.5) is 4.79 Å². The van der Waals surface area contributed by atoms with Gasteiger partial charge in [-0.25, -0.2) is 4.79 Å². The second-order valence-corrected chi connectivity index (χ2v) is 11.5. The summed E-state index contributed by atoms with van der Waals surface area (Å²) in [5.41, 5.74) is -1.16. The van der Waals surface area contributed by atoms with Gasteiger partial charge < -0.3 is 30.1 Å². The summed E-state index contributed by atoms with van der Waals surface area (Å²) in [5, 5.41) is 15.3. The second-order valence-electron chi connectivity index (χ2n) is 11.5. The van der Waals surface area contributed by atoms with Crippen molar-refractivity contribution in [2.45, 2.75) is 98.4 Å². The lowest BCUT2D eigenvalue weighted by molar-refractivity contribution is -0.149. The maximum Gasteiger partial charge on any atom is 0.408 e. The normalized spacial score (nSPS) is 13.3. The van der Waals surface area contributed by atoms with Crippen LogP contribution in [0.3, 0.4) is 0 Å². The third kappa shape index (κ3) is 11.0. The van der Waals surface area contributed by atoms with E-state index < -0.39 is 47.1 Å². The number of phenols is 1. The minimum absolute atomic E-state index is 0.00753. The monoisotopic (exact) mass is 535 g/mol. The molecule has 0 spiro atoms. The number of hydrogen-bond donors (Lipinski definition) is 3. The number of carbonyl (C=O) groups excluding carboxylic acids is 4. The highest BCUT2D eigenvalue weighted by atomic mass is 16.6. The van der Waals surface area contributed by atoms with Gasteiger partial charge in [0.05, 0.1) is 13.0 Å². The van der Waals surface area contributed by atoms with E-state index in [1.165, 1.54) is 17.0 Å². The average Bonchev–Trinajstić information content (AvgIpc) is 2.75. The van der Waals surface area contributed by atoms with E-state index in [4.69, 9.17) is 9.47 Å². The summed E-state index contributed by atoms with van der Waals surface area (Å²) in [6, 6.07) is 3.93. The molecule has 0 heterocycles. The molecule has 0 aliphatic carbocycles. The number of carbonyl (C=O) groups is 4. The number of rotatable bonds is 11. The highest BCUT2D eigenvalue weighted by Gasteiger charge is 2.42. The fourth-order valence-corrected chi connectivity index (χ4v) is 3.85. The Kier molecular flexibility index (Phi) is 12.1. The molecule has 2 atom stereocenters. The molecule has 10 heteroatoms. The summed E-state index contributed by atoms with van der Waals surface area (Å²) in [7, 11) is 0. The van der Waals surface area contributed by atoms with Gasteiger partial charge in [-0.3, -0.25) is 14.4 Å². The minimum Gasteiger partial charge on any atom is -0.508 e. The molecule has 1 aromatic rings. The summed E-state index contributed by atoms with van der Waals surface area (Å²) in [5.74, 6) is -1.37. The molecule has 0 radical (unpaired) electrons. The molecule has 0 aliphatic heterocycles. The summed E-state index contributed by atoms with van der Waals surface area (Å²) in [6.45, 7) is 16.4. The van der Waals surface area contributed by atoms with Crippen LogP contribution in [-0.2, 0) is 23.9 Å². The zero-order valence-electron chi connectivity index (χ0n) is 24.2. The smallest absolute Gasteiger partial charge is 0.408 e. The van der Waals surface area contributed by atoms with Crippen LogP contribution in [0.2, 0.25) is 0 Å². The number of aromatic hydroxyl groups is 1. The molecule has 0 bridgehead atoms. The lowest BCUT2D eigenvalue weighted by Gasteiger charge is -2.43. The van der Waals surface area contributed by atoms with Gasteiger partial charge in [-0.2, -0.15) is 0 Å². The van der Waals surface area contributed by atoms with Gasteiger partial charge in [-0.05, 0) is 78.5 Å². The summed E-state index contributed by atoms with van der Waals surface area (Å²) in [6.07, 6.45) is -0.440. The molecule has 1 aromatic carbocycles. The topological polar surface area (TPSA) is 134 Å². The lowest BCUT2D eigenvalue weighted by Crippen LogP contribution is -2.59. The van der Waals surface area contributed by atoms with Gasteiger partial charge >= 0.3 is 12.1 Å². The molecule has 38 heavy (non-hydrogen) atoms. The van der Waals surface area contributed by atoms with E-state index in [0.717, 1.165) is 0 Å². The van der Waals surface area contributed by atoms with Crippen LogP contribution in [0, 0.1) is 5.92 Å². The van der Waals surface area contributed by atoms with Crippen LogP contribution in [0.5, 0.6) is 5.75 Å². The molecule has 2 unspecified atom stereocenters. The van der Waals surface area contributed by atoms with E-state index in [0.29, 0.717) is 12.0 Å².